The van der Waals surface area contributed by atoms with Crippen molar-refractivity contribution in [3.63, 3.8) is 0 Å². The minimum absolute atomic E-state index is 0.643. The molecule has 0 bridgehead atoms. The minimum atomic E-state index is 0.643. The highest BCUT2D eigenvalue weighted by molar-refractivity contribution is 5.22. The van der Waals surface area contributed by atoms with E-state index in [9.17, 15) is 0 Å². The molecule has 0 aliphatic rings. The average molecular weight is 368 g/mol. The van der Waals surface area contributed by atoms with Crippen LogP contribution in [-0.4, -0.2) is 9.78 Å². The maximum absolute atomic E-state index is 5.44. The van der Waals surface area contributed by atoms with Crippen molar-refractivity contribution in [1.29, 1.82) is 0 Å². The van der Waals surface area contributed by atoms with Gasteiger partial charge in [0.05, 0.1) is 6.54 Å². The van der Waals surface area contributed by atoms with E-state index in [0.29, 0.717) is 6.54 Å². The van der Waals surface area contributed by atoms with Crippen LogP contribution in [0.15, 0.2) is 67.0 Å². The molecule has 0 spiro atoms. The summed E-state index contributed by atoms with van der Waals surface area (Å²) in [4.78, 5) is 0. The fourth-order valence-corrected chi connectivity index (χ4v) is 2.19. The second-order valence-electron chi connectivity index (χ2n) is 5.56. The number of hydrogen-bond acceptors (Lipinski definition) is 2. The highest BCUT2D eigenvalue weighted by atomic mass is 15.3. The van der Waals surface area contributed by atoms with Gasteiger partial charge in [-0.05, 0) is 36.1 Å². The van der Waals surface area contributed by atoms with E-state index >= 15 is 0 Å². The van der Waals surface area contributed by atoms with Gasteiger partial charge in [-0.15, -0.1) is 0 Å². The number of nitrogens with two attached hydrogens (primary N) is 1. The molecule has 3 heteroatoms. The van der Waals surface area contributed by atoms with Gasteiger partial charge in [0, 0.05) is 18.9 Å². The first kappa shape index (κ1) is 24.6. The summed E-state index contributed by atoms with van der Waals surface area (Å²) in [5.74, 6) is 0. The van der Waals surface area contributed by atoms with Crippen LogP contribution in [0.4, 0.5) is 0 Å². The quantitative estimate of drug-likeness (QED) is 0.614. The molecular formula is C24H37N3. The highest BCUT2D eigenvalue weighted by Gasteiger charge is 1.93. The number of rotatable bonds is 4. The summed E-state index contributed by atoms with van der Waals surface area (Å²) in [7, 11) is 0. The van der Waals surface area contributed by atoms with Gasteiger partial charge in [-0.1, -0.05) is 88.7 Å². The molecule has 2 aromatic carbocycles. The number of aromatic nitrogens is 2. The third kappa shape index (κ3) is 10.4. The van der Waals surface area contributed by atoms with Crippen LogP contribution in [0.1, 0.15) is 56.9 Å². The Labute approximate surface area is 166 Å². The summed E-state index contributed by atoms with van der Waals surface area (Å²) in [6.07, 6.45) is 4.87. The van der Waals surface area contributed by atoms with E-state index in [1.807, 2.05) is 44.6 Å². The Bertz CT molecular complexity index is 646. The lowest BCUT2D eigenvalue weighted by Crippen LogP contribution is -1.99. The van der Waals surface area contributed by atoms with Gasteiger partial charge in [0.2, 0.25) is 0 Å². The summed E-state index contributed by atoms with van der Waals surface area (Å²) < 4.78 is 1.92. The fraction of sp³-hybridized carbons (Fsp3) is 0.375. The SMILES string of the molecule is CC.CC.CCc1ccc(CN)cc1.Cc1ccc(Cn2cccn2)cc1. The van der Waals surface area contributed by atoms with Crippen LogP contribution < -0.4 is 5.73 Å². The standard InChI is InChI=1S/C11H12N2.C9H13N.2C2H6/c1-10-3-5-11(6-4-10)9-13-8-2-7-12-13;1-2-8-3-5-9(7-10)6-4-8;2*1-2/h2-8H,9H2,1H3;3-6H,2,7,10H2,1H3;2*1-2H3. The predicted octanol–water partition coefficient (Wildman–Crippen LogP) is 6.00. The third-order valence-corrected chi connectivity index (χ3v) is 3.69. The van der Waals surface area contributed by atoms with Crippen LogP contribution in [0.5, 0.6) is 0 Å². The van der Waals surface area contributed by atoms with E-state index in [0.717, 1.165) is 13.0 Å². The Morgan fingerprint density at radius 2 is 1.33 bits per heavy atom. The maximum Gasteiger partial charge on any atom is 0.0659 e. The largest absolute Gasteiger partial charge is 0.326 e. The summed E-state index contributed by atoms with van der Waals surface area (Å²) in [5, 5.41) is 4.15. The molecular weight excluding hydrogens is 330 g/mol. The van der Waals surface area contributed by atoms with Gasteiger partial charge in [-0.2, -0.15) is 5.10 Å². The molecule has 2 N–H and O–H groups in total. The first-order valence-electron chi connectivity index (χ1n) is 10.0. The van der Waals surface area contributed by atoms with Crippen molar-refractivity contribution in [1.82, 2.24) is 9.78 Å². The molecule has 1 heterocycles. The number of hydrogen-bond donors (Lipinski definition) is 1. The lowest BCUT2D eigenvalue weighted by Gasteiger charge is -2.01. The predicted molar refractivity (Wildman–Crippen MR) is 119 cm³/mol. The molecule has 3 nitrogen and oxygen atoms in total. The topological polar surface area (TPSA) is 43.8 Å². The molecule has 0 aliphatic heterocycles. The second kappa shape index (κ2) is 15.8. The van der Waals surface area contributed by atoms with Crippen molar-refractivity contribution in [2.75, 3.05) is 0 Å². The summed E-state index contributed by atoms with van der Waals surface area (Å²) in [6, 6.07) is 18.9. The van der Waals surface area contributed by atoms with Gasteiger partial charge < -0.3 is 5.73 Å². The molecule has 1 aromatic heterocycles. The van der Waals surface area contributed by atoms with Crippen molar-refractivity contribution < 1.29 is 0 Å². The zero-order valence-corrected chi connectivity index (χ0v) is 17.9. The van der Waals surface area contributed by atoms with Crippen molar-refractivity contribution in [2.24, 2.45) is 5.73 Å². The minimum Gasteiger partial charge on any atom is -0.326 e. The van der Waals surface area contributed by atoms with Crippen molar-refractivity contribution in [3.8, 4) is 0 Å². The van der Waals surface area contributed by atoms with E-state index in [4.69, 9.17) is 5.73 Å². The van der Waals surface area contributed by atoms with Crippen LogP contribution in [0, 0.1) is 6.92 Å². The van der Waals surface area contributed by atoms with Gasteiger partial charge in [-0.25, -0.2) is 0 Å². The van der Waals surface area contributed by atoms with Crippen molar-refractivity contribution in [3.05, 3.63) is 89.2 Å². The van der Waals surface area contributed by atoms with Gasteiger partial charge in [0.1, 0.15) is 0 Å². The van der Waals surface area contributed by atoms with E-state index in [1.165, 1.54) is 22.3 Å². The van der Waals surface area contributed by atoms with Crippen LogP contribution in [0.3, 0.4) is 0 Å². The zero-order chi connectivity index (χ0) is 20.5. The Balaban J connectivity index is 0.000000434. The monoisotopic (exact) mass is 367 g/mol. The second-order valence-corrected chi connectivity index (χ2v) is 5.56. The Kier molecular flexibility index (Phi) is 14.4. The van der Waals surface area contributed by atoms with Gasteiger partial charge >= 0.3 is 0 Å². The van der Waals surface area contributed by atoms with Crippen LogP contribution in [0.2, 0.25) is 0 Å². The molecule has 0 unspecified atom stereocenters. The zero-order valence-electron chi connectivity index (χ0n) is 17.9. The smallest absolute Gasteiger partial charge is 0.0659 e. The Hall–Kier alpha value is -2.39. The molecule has 0 atom stereocenters. The first-order valence-corrected chi connectivity index (χ1v) is 10.0. The molecule has 0 saturated heterocycles. The number of benzene rings is 2. The third-order valence-electron chi connectivity index (χ3n) is 3.69. The maximum atomic E-state index is 5.44. The van der Waals surface area contributed by atoms with Crippen molar-refractivity contribution >= 4 is 0 Å². The van der Waals surface area contributed by atoms with E-state index in [-0.39, 0.29) is 0 Å². The fourth-order valence-electron chi connectivity index (χ4n) is 2.19. The summed E-state index contributed by atoms with van der Waals surface area (Å²) >= 11 is 0. The Morgan fingerprint density at radius 3 is 1.78 bits per heavy atom. The Morgan fingerprint density at radius 1 is 0.815 bits per heavy atom. The molecule has 148 valence electrons. The van der Waals surface area contributed by atoms with Crippen LogP contribution >= 0.6 is 0 Å². The lowest BCUT2D eigenvalue weighted by molar-refractivity contribution is 0.687. The molecule has 0 radical (unpaired) electrons. The highest BCUT2D eigenvalue weighted by Crippen LogP contribution is 2.04. The average Bonchev–Trinajstić information content (AvgIpc) is 3.26. The molecule has 3 rings (SSSR count). The summed E-state index contributed by atoms with van der Waals surface area (Å²) in [5.41, 5.74) is 10.6. The molecule has 3 aromatic rings. The van der Waals surface area contributed by atoms with E-state index in [2.05, 4.69) is 67.5 Å². The van der Waals surface area contributed by atoms with Crippen molar-refractivity contribution in [2.45, 2.75) is 61.1 Å². The molecule has 0 aliphatic carbocycles. The first-order chi connectivity index (χ1) is 13.2. The normalized spacial score (nSPS) is 9.00. The van der Waals surface area contributed by atoms with Gasteiger partial charge in [0.15, 0.2) is 0 Å². The molecule has 0 saturated carbocycles. The van der Waals surface area contributed by atoms with Crippen LogP contribution in [-0.2, 0) is 19.5 Å². The molecule has 0 fully saturated rings. The van der Waals surface area contributed by atoms with E-state index in [1.54, 1.807) is 6.20 Å². The van der Waals surface area contributed by atoms with E-state index < -0.39 is 0 Å². The molecule has 0 amide bonds. The van der Waals surface area contributed by atoms with Crippen LogP contribution in [0.25, 0.3) is 0 Å². The number of nitrogens with zero attached hydrogens (tertiary/aromatic N) is 2. The van der Waals surface area contributed by atoms with Gasteiger partial charge in [-0.3, -0.25) is 4.68 Å². The molecule has 27 heavy (non-hydrogen) atoms. The number of aryl methyl sites for hydroxylation is 2. The lowest BCUT2D eigenvalue weighted by atomic mass is 10.1. The summed E-state index contributed by atoms with van der Waals surface area (Å²) in [6.45, 7) is 13.7. The van der Waals surface area contributed by atoms with Gasteiger partial charge in [0.25, 0.3) is 0 Å².